The Morgan fingerprint density at radius 3 is 1.28 bits per heavy atom. The molecule has 0 heterocycles. The summed E-state index contributed by atoms with van der Waals surface area (Å²) in [6, 6.07) is 0. The first-order valence-electron chi connectivity index (χ1n) is 6.05. The van der Waals surface area contributed by atoms with E-state index >= 15 is 0 Å². The summed E-state index contributed by atoms with van der Waals surface area (Å²) < 4.78 is 69.3. The highest BCUT2D eigenvalue weighted by Gasteiger charge is 2.42. The normalized spacial score (nSPS) is 38.1. The van der Waals surface area contributed by atoms with Crippen LogP contribution in [0.15, 0.2) is 0 Å². The summed E-state index contributed by atoms with van der Waals surface area (Å²) >= 11 is 0. The average Bonchev–Trinajstić information content (AvgIpc) is 2.25. The Balaban J connectivity index is 2.04. The molecular weight excluding hydrogens is 286 g/mol. The maximum atomic E-state index is 12.9. The molecule has 2 aliphatic carbocycles. The molecule has 2 fully saturated rings. The molecule has 8 heteroatoms. The van der Waals surface area contributed by atoms with E-state index in [1.165, 1.54) is 0 Å². The van der Waals surface area contributed by atoms with E-state index in [1.807, 2.05) is 0 Å². The molecule has 0 bridgehead atoms. The van der Waals surface area contributed by atoms with Crippen molar-refractivity contribution in [1.82, 2.24) is 0 Å². The molecule has 2 aliphatic rings. The van der Waals surface area contributed by atoms with Gasteiger partial charge in [-0.1, -0.05) is 0 Å². The molecule has 0 aromatic rings. The Labute approximate surface area is 106 Å². The summed E-state index contributed by atoms with van der Waals surface area (Å²) in [7, 11) is -9.02. The second-order valence-corrected chi connectivity index (χ2v) is 8.58. The van der Waals surface area contributed by atoms with Gasteiger partial charge in [0.25, 0.3) is 0 Å². The zero-order valence-electron chi connectivity index (χ0n) is 9.76. The third-order valence-electron chi connectivity index (χ3n) is 4.31. The number of hydrogen-bond donors (Lipinski definition) is 0. The van der Waals surface area contributed by atoms with Gasteiger partial charge < -0.3 is 0 Å². The van der Waals surface area contributed by atoms with Gasteiger partial charge in [0.15, 0.2) is 0 Å². The van der Waals surface area contributed by atoms with E-state index in [1.54, 1.807) is 0 Å². The van der Waals surface area contributed by atoms with Gasteiger partial charge in [-0.15, -0.1) is 7.77 Å². The van der Waals surface area contributed by atoms with Crippen molar-refractivity contribution < 1.29 is 24.6 Å². The Morgan fingerprint density at radius 1 is 0.667 bits per heavy atom. The highest BCUT2D eigenvalue weighted by Crippen LogP contribution is 2.44. The lowest BCUT2D eigenvalue weighted by Gasteiger charge is -2.39. The number of halogens is 2. The average molecular weight is 302 g/mol. The van der Waals surface area contributed by atoms with E-state index in [-0.39, 0.29) is 37.5 Å². The molecule has 0 aromatic carbocycles. The first-order chi connectivity index (χ1) is 8.18. The van der Waals surface area contributed by atoms with E-state index in [4.69, 9.17) is 0 Å². The fraction of sp³-hybridized carbons (Fsp3) is 1.00. The van der Waals surface area contributed by atoms with E-state index in [2.05, 4.69) is 0 Å². The van der Waals surface area contributed by atoms with Crippen molar-refractivity contribution >= 4 is 20.4 Å². The van der Waals surface area contributed by atoms with Crippen molar-refractivity contribution in [2.45, 2.75) is 49.0 Å². The summed E-state index contributed by atoms with van der Waals surface area (Å²) in [5, 5.41) is -1.92. The summed E-state index contributed by atoms with van der Waals surface area (Å²) in [6.45, 7) is 0. The summed E-state index contributed by atoms with van der Waals surface area (Å²) in [5.74, 6) is 0.0135. The van der Waals surface area contributed by atoms with Crippen LogP contribution in [0.1, 0.15) is 38.5 Å². The van der Waals surface area contributed by atoms with E-state index in [0.29, 0.717) is 12.8 Å². The van der Waals surface area contributed by atoms with Gasteiger partial charge in [0.05, 0.1) is 10.5 Å². The first-order valence-corrected chi connectivity index (χ1v) is 8.94. The maximum Gasteiger partial charge on any atom is 0.305 e. The minimum absolute atomic E-state index is 0.00674. The zero-order chi connectivity index (χ0) is 13.6. The summed E-state index contributed by atoms with van der Waals surface area (Å²) in [4.78, 5) is 0. The Morgan fingerprint density at radius 2 is 1.00 bits per heavy atom. The van der Waals surface area contributed by atoms with Crippen LogP contribution < -0.4 is 0 Å². The standard InChI is InChI=1S/C10H16F2O4S2/c11-17(13,14)9-3-1-7-5-10(18(12,15)16)4-2-8(7)6-9/h7-10H,1-6H2. The van der Waals surface area contributed by atoms with Gasteiger partial charge >= 0.3 is 20.4 Å². The van der Waals surface area contributed by atoms with Crippen molar-refractivity contribution in [3.63, 3.8) is 0 Å². The second kappa shape index (κ2) is 4.70. The van der Waals surface area contributed by atoms with Gasteiger partial charge in [0, 0.05) is 0 Å². The monoisotopic (exact) mass is 302 g/mol. The fourth-order valence-electron chi connectivity index (χ4n) is 3.31. The van der Waals surface area contributed by atoms with Gasteiger partial charge in [-0.05, 0) is 50.4 Å². The van der Waals surface area contributed by atoms with Gasteiger partial charge in [0.1, 0.15) is 0 Å². The van der Waals surface area contributed by atoms with Crippen LogP contribution >= 0.6 is 0 Å². The molecule has 2 rings (SSSR count). The fourth-order valence-corrected chi connectivity index (χ4v) is 5.10. The van der Waals surface area contributed by atoms with Crippen LogP contribution in [-0.4, -0.2) is 27.3 Å². The van der Waals surface area contributed by atoms with Gasteiger partial charge in [0.2, 0.25) is 0 Å². The zero-order valence-corrected chi connectivity index (χ0v) is 11.4. The van der Waals surface area contributed by atoms with Crippen LogP contribution in [0.2, 0.25) is 0 Å². The molecule has 4 atom stereocenters. The Kier molecular flexibility index (Phi) is 3.70. The molecule has 0 radical (unpaired) electrons. The topological polar surface area (TPSA) is 68.3 Å². The third kappa shape index (κ3) is 3.01. The number of fused-ring (bicyclic) bond motifs is 1. The molecule has 106 valence electrons. The molecule has 4 nitrogen and oxygen atoms in total. The minimum atomic E-state index is -4.51. The molecule has 0 spiro atoms. The van der Waals surface area contributed by atoms with Gasteiger partial charge in [-0.25, -0.2) is 0 Å². The lowest BCUT2D eigenvalue weighted by Crippen LogP contribution is -2.38. The molecule has 0 N–H and O–H groups in total. The molecule has 2 saturated carbocycles. The quantitative estimate of drug-likeness (QED) is 0.731. The van der Waals surface area contributed by atoms with Gasteiger partial charge in [-0.2, -0.15) is 16.8 Å². The molecular formula is C10H16F2O4S2. The summed E-state index contributed by atoms with van der Waals surface area (Å²) in [6.07, 6.45) is 1.82. The van der Waals surface area contributed by atoms with Crippen LogP contribution in [0, 0.1) is 11.8 Å². The lowest BCUT2D eigenvalue weighted by molar-refractivity contribution is 0.172. The van der Waals surface area contributed by atoms with Crippen LogP contribution in [0.4, 0.5) is 7.77 Å². The third-order valence-corrected chi connectivity index (χ3v) is 6.76. The number of hydrogen-bond acceptors (Lipinski definition) is 4. The van der Waals surface area contributed by atoms with Gasteiger partial charge in [-0.3, -0.25) is 0 Å². The minimum Gasteiger partial charge on any atom is -0.195 e. The van der Waals surface area contributed by atoms with Crippen molar-refractivity contribution in [2.75, 3.05) is 0 Å². The number of rotatable bonds is 2. The molecule has 0 amide bonds. The van der Waals surface area contributed by atoms with Crippen molar-refractivity contribution in [3.05, 3.63) is 0 Å². The van der Waals surface area contributed by atoms with E-state index in [0.717, 1.165) is 0 Å². The van der Waals surface area contributed by atoms with Crippen LogP contribution in [0.25, 0.3) is 0 Å². The molecule has 0 saturated heterocycles. The highest BCUT2D eigenvalue weighted by atomic mass is 32.3. The van der Waals surface area contributed by atoms with Crippen LogP contribution in [0.3, 0.4) is 0 Å². The predicted molar refractivity (Wildman–Crippen MR) is 62.3 cm³/mol. The van der Waals surface area contributed by atoms with Crippen molar-refractivity contribution in [3.8, 4) is 0 Å². The SMILES string of the molecule is O=S(=O)(F)C1CCC2CC(S(=O)(=O)F)CCC2C1. The van der Waals surface area contributed by atoms with Crippen LogP contribution in [-0.2, 0) is 20.4 Å². The second-order valence-electron chi connectivity index (χ2n) is 5.34. The Hall–Kier alpha value is -0.240. The van der Waals surface area contributed by atoms with Crippen LogP contribution in [0.5, 0.6) is 0 Å². The highest BCUT2D eigenvalue weighted by molar-refractivity contribution is 7.87. The molecule has 0 aliphatic heterocycles. The molecule has 4 unspecified atom stereocenters. The van der Waals surface area contributed by atoms with E-state index < -0.39 is 30.9 Å². The Bertz CT molecular complexity index is 466. The van der Waals surface area contributed by atoms with E-state index in [9.17, 15) is 24.6 Å². The first kappa shape index (κ1) is 14.2. The largest absolute Gasteiger partial charge is 0.305 e. The smallest absolute Gasteiger partial charge is 0.195 e. The van der Waals surface area contributed by atoms with Crippen molar-refractivity contribution in [2.24, 2.45) is 11.8 Å². The maximum absolute atomic E-state index is 12.9. The molecule has 0 aromatic heterocycles. The predicted octanol–water partition coefficient (Wildman–Crippen LogP) is 1.92. The van der Waals surface area contributed by atoms with Crippen molar-refractivity contribution in [1.29, 1.82) is 0 Å². The summed E-state index contributed by atoms with van der Waals surface area (Å²) in [5.41, 5.74) is 0. The lowest BCUT2D eigenvalue weighted by atomic mass is 9.70. The molecule has 18 heavy (non-hydrogen) atoms.